The van der Waals surface area contributed by atoms with Crippen molar-refractivity contribution >= 4 is 23.4 Å². The van der Waals surface area contributed by atoms with Gasteiger partial charge >= 0.3 is 0 Å². The monoisotopic (exact) mass is 280 g/mol. The molecule has 0 radical (unpaired) electrons. The molecule has 4 nitrogen and oxygen atoms in total. The van der Waals surface area contributed by atoms with Crippen LogP contribution in [0, 0.1) is 0 Å². The lowest BCUT2D eigenvalue weighted by Gasteiger charge is -2.36. The molecule has 0 bridgehead atoms. The van der Waals surface area contributed by atoms with Crippen LogP contribution in [0.5, 0.6) is 0 Å². The zero-order chi connectivity index (χ0) is 13.4. The van der Waals surface area contributed by atoms with Gasteiger partial charge in [0.05, 0.1) is 6.54 Å². The van der Waals surface area contributed by atoms with Crippen LogP contribution < -0.4 is 0 Å². The van der Waals surface area contributed by atoms with Crippen molar-refractivity contribution in [1.82, 2.24) is 9.99 Å². The first kappa shape index (κ1) is 11.5. The summed E-state index contributed by atoms with van der Waals surface area (Å²) in [6.45, 7) is 0.675. The summed E-state index contributed by atoms with van der Waals surface area (Å²) in [5.41, 5.74) is 0.828. The molecule has 0 N–H and O–H groups in total. The summed E-state index contributed by atoms with van der Waals surface area (Å²) < 4.78 is 0. The van der Waals surface area contributed by atoms with Gasteiger partial charge in [-0.25, -0.2) is 5.01 Å². The smallest absolute Gasteiger partial charge is 0.145 e. The maximum Gasteiger partial charge on any atom is 0.145 e. The van der Waals surface area contributed by atoms with Crippen LogP contribution in [0.25, 0.3) is 0 Å². The summed E-state index contributed by atoms with van der Waals surface area (Å²) in [7, 11) is 0. The zero-order valence-corrected chi connectivity index (χ0v) is 11.5. The van der Waals surface area contributed by atoms with E-state index in [1.165, 1.54) is 10.4 Å². The van der Waals surface area contributed by atoms with Crippen molar-refractivity contribution in [2.75, 3.05) is 6.54 Å². The van der Waals surface area contributed by atoms with Gasteiger partial charge in [-0.3, -0.25) is 9.98 Å². The minimum Gasteiger partial charge on any atom is -0.265 e. The van der Waals surface area contributed by atoms with Crippen molar-refractivity contribution in [3.63, 3.8) is 0 Å². The molecule has 0 amide bonds. The van der Waals surface area contributed by atoms with Gasteiger partial charge < -0.3 is 0 Å². The number of nitrogens with zero attached hydrogens (tertiary/aromatic N) is 4. The van der Waals surface area contributed by atoms with E-state index in [0.29, 0.717) is 6.54 Å². The molecule has 2 aliphatic heterocycles. The number of pyridine rings is 1. The number of aliphatic imine (C=N–C) groups is 1. The zero-order valence-electron chi connectivity index (χ0n) is 10.7. The van der Waals surface area contributed by atoms with E-state index in [0.717, 1.165) is 5.84 Å². The Kier molecular flexibility index (Phi) is 2.53. The molecule has 20 heavy (non-hydrogen) atoms. The molecule has 2 aromatic rings. The molecule has 0 aliphatic carbocycles. The molecule has 4 heterocycles. The fraction of sp³-hybridized carbons (Fsp3) is 0.133. The molecule has 1 atom stereocenters. The number of hydrogen-bond acceptors (Lipinski definition) is 5. The van der Waals surface area contributed by atoms with Crippen LogP contribution >= 0.6 is 11.3 Å². The second kappa shape index (κ2) is 4.38. The number of hydrazone groups is 1. The Morgan fingerprint density at radius 1 is 1.20 bits per heavy atom. The molecular formula is C15H12N4S. The van der Waals surface area contributed by atoms with Gasteiger partial charge in [0.25, 0.3) is 0 Å². The van der Waals surface area contributed by atoms with Gasteiger partial charge in [0.15, 0.2) is 0 Å². The number of amidine groups is 1. The highest BCUT2D eigenvalue weighted by atomic mass is 32.1. The average molecular weight is 280 g/mol. The summed E-state index contributed by atoms with van der Waals surface area (Å²) >= 11 is 1.74. The van der Waals surface area contributed by atoms with Crippen molar-refractivity contribution in [3.05, 3.63) is 64.6 Å². The number of allylic oxidation sites excluding steroid dienone is 1. The Morgan fingerprint density at radius 2 is 2.10 bits per heavy atom. The van der Waals surface area contributed by atoms with Crippen molar-refractivity contribution in [2.24, 2.45) is 10.1 Å². The first-order valence-corrected chi connectivity index (χ1v) is 7.29. The predicted octanol–water partition coefficient (Wildman–Crippen LogP) is 2.66. The van der Waals surface area contributed by atoms with Crippen molar-refractivity contribution in [2.45, 2.75) is 5.54 Å². The van der Waals surface area contributed by atoms with Crippen molar-refractivity contribution < 1.29 is 0 Å². The van der Waals surface area contributed by atoms with E-state index in [9.17, 15) is 0 Å². The summed E-state index contributed by atoms with van der Waals surface area (Å²) in [5, 5.41) is 8.67. The van der Waals surface area contributed by atoms with E-state index in [1.54, 1.807) is 11.3 Å². The van der Waals surface area contributed by atoms with Crippen molar-refractivity contribution in [1.29, 1.82) is 0 Å². The summed E-state index contributed by atoms with van der Waals surface area (Å²) in [6.07, 6.45) is 9.39. The Morgan fingerprint density at radius 3 is 2.90 bits per heavy atom. The number of rotatable bonds is 2. The van der Waals surface area contributed by atoms with Gasteiger partial charge in [0.2, 0.25) is 0 Å². The molecule has 0 saturated carbocycles. The van der Waals surface area contributed by atoms with Crippen LogP contribution in [-0.2, 0) is 5.54 Å². The fourth-order valence-corrected chi connectivity index (χ4v) is 3.64. The van der Waals surface area contributed by atoms with Gasteiger partial charge in [-0.05, 0) is 41.3 Å². The largest absolute Gasteiger partial charge is 0.265 e. The lowest BCUT2D eigenvalue weighted by Crippen LogP contribution is -2.44. The maximum atomic E-state index is 4.67. The van der Waals surface area contributed by atoms with E-state index >= 15 is 0 Å². The molecule has 1 unspecified atom stereocenters. The third kappa shape index (κ3) is 1.50. The third-order valence-electron chi connectivity index (χ3n) is 3.65. The van der Waals surface area contributed by atoms with Gasteiger partial charge in [-0.15, -0.1) is 11.3 Å². The van der Waals surface area contributed by atoms with Crippen LogP contribution in [0.1, 0.15) is 10.4 Å². The topological polar surface area (TPSA) is 40.9 Å². The van der Waals surface area contributed by atoms with Gasteiger partial charge in [-0.2, -0.15) is 5.10 Å². The minimum atomic E-state index is -0.340. The second-order valence-electron chi connectivity index (χ2n) is 4.68. The van der Waals surface area contributed by atoms with Gasteiger partial charge in [-0.1, -0.05) is 6.07 Å². The predicted molar refractivity (Wildman–Crippen MR) is 81.1 cm³/mol. The van der Waals surface area contributed by atoms with E-state index in [-0.39, 0.29) is 5.54 Å². The van der Waals surface area contributed by atoms with E-state index in [4.69, 9.17) is 0 Å². The summed E-state index contributed by atoms with van der Waals surface area (Å²) in [4.78, 5) is 10.0. The van der Waals surface area contributed by atoms with Crippen molar-refractivity contribution in [3.8, 4) is 0 Å². The molecule has 5 heteroatoms. The van der Waals surface area contributed by atoms with Gasteiger partial charge in [0, 0.05) is 23.5 Å². The lowest BCUT2D eigenvalue weighted by atomic mass is 9.89. The summed E-state index contributed by atoms with van der Waals surface area (Å²) in [5.74, 6) is 0.915. The molecule has 0 aromatic carbocycles. The standard InChI is InChI=1S/C15H12N4S/c1-4-14-17-11-15(19(14)18-7-1,13-3-2-10-20-13)12-5-8-16-9-6-12/h1-10H,11H2. The Hall–Kier alpha value is -2.27. The summed E-state index contributed by atoms with van der Waals surface area (Å²) in [6, 6.07) is 8.32. The first-order valence-electron chi connectivity index (χ1n) is 6.41. The van der Waals surface area contributed by atoms with Crippen LogP contribution in [0.3, 0.4) is 0 Å². The normalized spacial score (nSPS) is 23.8. The molecule has 2 aromatic heterocycles. The minimum absolute atomic E-state index is 0.340. The van der Waals surface area contributed by atoms with Crippen LogP contribution in [-0.4, -0.2) is 28.6 Å². The molecule has 0 fully saturated rings. The van der Waals surface area contributed by atoms with E-state index in [1.807, 2.05) is 47.9 Å². The molecule has 0 saturated heterocycles. The highest BCUT2D eigenvalue weighted by molar-refractivity contribution is 7.10. The Balaban J connectivity index is 1.93. The van der Waals surface area contributed by atoms with E-state index in [2.05, 4.69) is 32.6 Å². The third-order valence-corrected chi connectivity index (χ3v) is 4.67. The van der Waals surface area contributed by atoms with Gasteiger partial charge in [0.1, 0.15) is 11.4 Å². The second-order valence-corrected chi connectivity index (χ2v) is 5.63. The fourth-order valence-electron chi connectivity index (χ4n) is 2.72. The highest BCUT2D eigenvalue weighted by Gasteiger charge is 2.47. The number of hydrogen-bond donors (Lipinski definition) is 0. The quantitative estimate of drug-likeness (QED) is 0.848. The number of thiophene rings is 1. The van der Waals surface area contributed by atoms with Crippen LogP contribution in [0.4, 0.5) is 0 Å². The first-order chi connectivity index (χ1) is 9.91. The molecule has 0 spiro atoms. The average Bonchev–Trinajstić information content (AvgIpc) is 3.16. The molecule has 98 valence electrons. The number of fused-ring (bicyclic) bond motifs is 1. The number of aromatic nitrogens is 1. The SMILES string of the molecule is C1=CC2=NCC(c3ccncc3)(c3cccs3)N2N=C1. The lowest BCUT2D eigenvalue weighted by molar-refractivity contribution is 0.269. The van der Waals surface area contributed by atoms with Crippen LogP contribution in [0.2, 0.25) is 0 Å². The van der Waals surface area contributed by atoms with E-state index < -0.39 is 0 Å². The highest BCUT2D eigenvalue weighted by Crippen LogP contribution is 2.42. The van der Waals surface area contributed by atoms with Crippen LogP contribution in [0.15, 0.2) is 64.3 Å². The molecular weight excluding hydrogens is 268 g/mol. The Labute approximate surface area is 120 Å². The Bertz CT molecular complexity index is 703. The molecule has 2 aliphatic rings. The molecule has 4 rings (SSSR count). The maximum absolute atomic E-state index is 4.67.